The van der Waals surface area contributed by atoms with Gasteiger partial charge in [0.25, 0.3) is 0 Å². The Morgan fingerprint density at radius 2 is 1.67 bits per heavy atom. The molecule has 2 nitrogen and oxygen atoms in total. The molecule has 1 aliphatic rings. The largest absolute Gasteiger partial charge is 0.294 e. The Labute approximate surface area is 196 Å². The highest BCUT2D eigenvalue weighted by Gasteiger charge is 2.28. The third-order valence-corrected chi connectivity index (χ3v) is 6.08. The maximum Gasteiger partial charge on any atom is 0.145 e. The molecule has 0 atom stereocenters. The minimum atomic E-state index is 0.939. The van der Waals surface area contributed by atoms with Gasteiger partial charge in [0.05, 0.1) is 5.69 Å². The van der Waals surface area contributed by atoms with Gasteiger partial charge in [-0.3, -0.25) is 4.90 Å². The summed E-state index contributed by atoms with van der Waals surface area (Å²) in [4.78, 5) is 6.98. The lowest BCUT2D eigenvalue weighted by Crippen LogP contribution is -2.20. The Morgan fingerprint density at radius 1 is 0.909 bits per heavy atom. The summed E-state index contributed by atoms with van der Waals surface area (Å²) in [5.74, 6) is 0.939. The predicted molar refractivity (Wildman–Crippen MR) is 145 cm³/mol. The van der Waals surface area contributed by atoms with E-state index in [1.165, 1.54) is 33.0 Å². The first-order chi connectivity index (χ1) is 16.2. The molecule has 3 aromatic carbocycles. The van der Waals surface area contributed by atoms with Gasteiger partial charge in [-0.15, -0.1) is 13.2 Å². The number of aromatic nitrogens is 1. The molecule has 0 saturated heterocycles. The predicted octanol–water partition coefficient (Wildman–Crippen LogP) is 8.86. The molecule has 0 radical (unpaired) electrons. The second-order valence-electron chi connectivity index (χ2n) is 7.73. The minimum Gasteiger partial charge on any atom is -0.294 e. The normalized spacial score (nSPS) is 11.9. The molecule has 5 rings (SSSR count). The number of rotatable bonds is 4. The van der Waals surface area contributed by atoms with Gasteiger partial charge in [-0.25, -0.2) is 4.98 Å². The van der Waals surface area contributed by atoms with Crippen LogP contribution in [0.3, 0.4) is 0 Å². The van der Waals surface area contributed by atoms with E-state index in [9.17, 15) is 0 Å². The van der Waals surface area contributed by atoms with Crippen molar-refractivity contribution in [3.05, 3.63) is 122 Å². The number of allylic oxidation sites excluding steroid dienone is 2. The third kappa shape index (κ3) is 3.41. The maximum atomic E-state index is 4.77. The van der Waals surface area contributed by atoms with Crippen LogP contribution in [0.4, 0.5) is 11.5 Å². The topological polar surface area (TPSA) is 16.1 Å². The van der Waals surface area contributed by atoms with Crippen molar-refractivity contribution < 1.29 is 0 Å². The van der Waals surface area contributed by atoms with E-state index >= 15 is 0 Å². The molecule has 2 heterocycles. The molecule has 162 valence electrons. The van der Waals surface area contributed by atoms with Gasteiger partial charge in [-0.05, 0) is 77.4 Å². The Kier molecular flexibility index (Phi) is 6.10. The molecule has 0 amide bonds. The Balaban J connectivity index is 0.00000126. The summed E-state index contributed by atoms with van der Waals surface area (Å²) < 4.78 is 0. The standard InChI is InChI=1S/C29H24N2.C2H4/c1-5-20-12-8-9-13-22(20)27-19(4)18-25-23-15-11-17-30-29(23)31(21(6-2)7-3)26-16-10-14-24(27)28(25)26;1-2/h5-18H,1-2H2,3-4H3;1-2H2/b21-7+;. The van der Waals surface area contributed by atoms with Crippen LogP contribution in [0.25, 0.3) is 39.1 Å². The van der Waals surface area contributed by atoms with Crippen LogP contribution < -0.4 is 4.90 Å². The molecular formula is C31H28N2. The van der Waals surface area contributed by atoms with E-state index in [0.29, 0.717) is 0 Å². The van der Waals surface area contributed by atoms with Crippen LogP contribution in [0.5, 0.6) is 0 Å². The lowest BCUT2D eigenvalue weighted by atomic mass is 9.84. The number of fused-ring (bicyclic) bond motifs is 2. The van der Waals surface area contributed by atoms with E-state index in [0.717, 1.165) is 28.3 Å². The van der Waals surface area contributed by atoms with Crippen molar-refractivity contribution in [1.82, 2.24) is 4.98 Å². The molecule has 0 saturated carbocycles. The van der Waals surface area contributed by atoms with Crippen LogP contribution in [0.2, 0.25) is 0 Å². The number of nitrogens with zero attached hydrogens (tertiary/aromatic N) is 2. The van der Waals surface area contributed by atoms with Gasteiger partial charge < -0.3 is 0 Å². The van der Waals surface area contributed by atoms with Crippen molar-refractivity contribution in [3.63, 3.8) is 0 Å². The molecule has 0 fully saturated rings. The average molecular weight is 429 g/mol. The molecular weight excluding hydrogens is 400 g/mol. The summed E-state index contributed by atoms with van der Waals surface area (Å²) in [5, 5.41) is 2.48. The molecule has 1 aliphatic heterocycles. The van der Waals surface area contributed by atoms with Crippen LogP contribution in [0, 0.1) is 6.92 Å². The van der Waals surface area contributed by atoms with Crippen molar-refractivity contribution in [2.75, 3.05) is 4.90 Å². The van der Waals surface area contributed by atoms with Crippen molar-refractivity contribution >= 4 is 28.4 Å². The van der Waals surface area contributed by atoms with Gasteiger partial charge in [0.15, 0.2) is 0 Å². The van der Waals surface area contributed by atoms with Gasteiger partial charge in [0.1, 0.15) is 5.82 Å². The molecule has 4 aromatic rings. The summed E-state index contributed by atoms with van der Waals surface area (Å²) in [5.41, 5.74) is 9.35. The average Bonchev–Trinajstić information content (AvgIpc) is 2.87. The number of pyridine rings is 1. The number of anilines is 2. The second kappa shape index (κ2) is 9.13. The zero-order valence-corrected chi connectivity index (χ0v) is 19.3. The van der Waals surface area contributed by atoms with Crippen LogP contribution in [-0.4, -0.2) is 4.98 Å². The molecule has 1 aromatic heterocycles. The molecule has 0 aliphatic carbocycles. The van der Waals surface area contributed by atoms with Crippen molar-refractivity contribution in [2.45, 2.75) is 13.8 Å². The van der Waals surface area contributed by atoms with Crippen molar-refractivity contribution in [2.24, 2.45) is 0 Å². The number of benzene rings is 3. The first-order valence-electron chi connectivity index (χ1n) is 11.0. The number of hydrogen-bond acceptors (Lipinski definition) is 2. The van der Waals surface area contributed by atoms with Crippen molar-refractivity contribution in [1.29, 1.82) is 0 Å². The third-order valence-electron chi connectivity index (χ3n) is 6.08. The van der Waals surface area contributed by atoms with E-state index < -0.39 is 0 Å². The van der Waals surface area contributed by atoms with Crippen LogP contribution >= 0.6 is 0 Å². The van der Waals surface area contributed by atoms with Crippen LogP contribution in [-0.2, 0) is 0 Å². The summed E-state index contributed by atoms with van der Waals surface area (Å²) >= 11 is 0. The summed E-state index contributed by atoms with van der Waals surface area (Å²) in [7, 11) is 0. The molecule has 0 N–H and O–H groups in total. The van der Waals surface area contributed by atoms with Crippen LogP contribution in [0.15, 0.2) is 111 Å². The second-order valence-corrected chi connectivity index (χ2v) is 7.73. The quantitative estimate of drug-likeness (QED) is 0.238. The summed E-state index contributed by atoms with van der Waals surface area (Å²) in [6.45, 7) is 18.3. The van der Waals surface area contributed by atoms with Crippen LogP contribution in [0.1, 0.15) is 18.1 Å². The Morgan fingerprint density at radius 3 is 2.39 bits per heavy atom. The molecule has 33 heavy (non-hydrogen) atoms. The van der Waals surface area contributed by atoms with E-state index in [2.05, 4.69) is 98.8 Å². The van der Waals surface area contributed by atoms with E-state index in [-0.39, 0.29) is 0 Å². The lowest BCUT2D eigenvalue weighted by molar-refractivity contribution is 1.13. The Bertz CT molecular complexity index is 1410. The first kappa shape index (κ1) is 22.0. The zero-order valence-electron chi connectivity index (χ0n) is 19.3. The molecule has 2 heteroatoms. The molecule has 0 spiro atoms. The van der Waals surface area contributed by atoms with Gasteiger partial charge in [-0.1, -0.05) is 61.7 Å². The highest BCUT2D eigenvalue weighted by molar-refractivity contribution is 6.17. The summed E-state index contributed by atoms with van der Waals surface area (Å²) in [6.07, 6.45) is 7.77. The van der Waals surface area contributed by atoms with Crippen molar-refractivity contribution in [3.8, 4) is 22.3 Å². The fourth-order valence-electron chi connectivity index (χ4n) is 4.76. The maximum absolute atomic E-state index is 4.77. The molecule has 0 unspecified atom stereocenters. The first-order valence-corrected chi connectivity index (χ1v) is 11.0. The van der Waals surface area contributed by atoms with E-state index in [4.69, 9.17) is 4.98 Å². The van der Waals surface area contributed by atoms with E-state index in [1.54, 1.807) is 0 Å². The summed E-state index contributed by atoms with van der Waals surface area (Å²) in [6, 6.07) is 21.5. The molecule has 0 bridgehead atoms. The van der Waals surface area contributed by atoms with E-state index in [1.807, 2.05) is 31.3 Å². The highest BCUT2D eigenvalue weighted by Crippen LogP contribution is 2.51. The number of hydrogen-bond donors (Lipinski definition) is 0. The van der Waals surface area contributed by atoms with Gasteiger partial charge in [0.2, 0.25) is 0 Å². The SMILES string of the molecule is C=C.C=C/C(=C\C)N1c2ncccc2-c2cc(C)c(-c3ccccc3C=C)c3cccc1c23. The fourth-order valence-corrected chi connectivity index (χ4v) is 4.76. The fraction of sp³-hybridized carbons (Fsp3) is 0.0645. The number of aryl methyl sites for hydroxylation is 1. The minimum absolute atomic E-state index is 0.939. The smallest absolute Gasteiger partial charge is 0.145 e. The zero-order chi connectivity index (χ0) is 23.5. The van der Waals surface area contributed by atoms with Gasteiger partial charge in [0, 0.05) is 22.8 Å². The lowest BCUT2D eigenvalue weighted by Gasteiger charge is -2.33. The monoisotopic (exact) mass is 428 g/mol. The van der Waals surface area contributed by atoms with Gasteiger partial charge in [-0.2, -0.15) is 0 Å². The highest BCUT2D eigenvalue weighted by atomic mass is 15.2. The Hall–Kier alpha value is -4.17. The van der Waals surface area contributed by atoms with Gasteiger partial charge >= 0.3 is 0 Å².